The predicted molar refractivity (Wildman–Crippen MR) is 65.2 cm³/mol. The van der Waals surface area contributed by atoms with Crippen LogP contribution in [0.1, 0.15) is 31.2 Å². The number of sulfonamides is 1. The molecular weight excluding hydrogens is 238 g/mol. The van der Waals surface area contributed by atoms with E-state index in [0.29, 0.717) is 35.3 Å². The van der Waals surface area contributed by atoms with E-state index in [2.05, 4.69) is 17.1 Å². The standard InChI is InChI=1S/C11H19N3O2S/c1-8-5-4-6-14(7-8)17(15,16)11-9(2)12-13-10(11)3/h8H,4-7H2,1-3H3,(H,12,13)/t8-/m0/s1. The summed E-state index contributed by atoms with van der Waals surface area (Å²) in [6, 6.07) is 0. The van der Waals surface area contributed by atoms with Gasteiger partial charge in [0.05, 0.1) is 11.4 Å². The van der Waals surface area contributed by atoms with Crippen LogP contribution in [0.5, 0.6) is 0 Å². The quantitative estimate of drug-likeness (QED) is 0.872. The van der Waals surface area contributed by atoms with Gasteiger partial charge in [-0.3, -0.25) is 5.10 Å². The van der Waals surface area contributed by atoms with E-state index < -0.39 is 10.0 Å². The molecular formula is C11H19N3O2S. The van der Waals surface area contributed by atoms with E-state index in [1.807, 2.05) is 0 Å². The minimum atomic E-state index is -3.37. The van der Waals surface area contributed by atoms with Crippen molar-refractivity contribution < 1.29 is 8.42 Å². The smallest absolute Gasteiger partial charge is 0.246 e. The van der Waals surface area contributed by atoms with Crippen molar-refractivity contribution in [2.45, 2.75) is 38.5 Å². The molecule has 1 fully saturated rings. The third-order valence-electron chi connectivity index (χ3n) is 3.28. The van der Waals surface area contributed by atoms with Crippen molar-refractivity contribution in [1.29, 1.82) is 0 Å². The van der Waals surface area contributed by atoms with Gasteiger partial charge in [0, 0.05) is 13.1 Å². The summed E-state index contributed by atoms with van der Waals surface area (Å²) in [4.78, 5) is 0.353. The monoisotopic (exact) mass is 257 g/mol. The van der Waals surface area contributed by atoms with Crippen LogP contribution in [0.25, 0.3) is 0 Å². The molecule has 1 aromatic rings. The van der Waals surface area contributed by atoms with Gasteiger partial charge in [0.15, 0.2) is 0 Å². The largest absolute Gasteiger partial charge is 0.281 e. The Kier molecular flexibility index (Phi) is 3.27. The molecule has 1 atom stereocenters. The second-order valence-electron chi connectivity index (χ2n) is 4.87. The Bertz CT molecular complexity index is 487. The first-order chi connectivity index (χ1) is 7.93. The highest BCUT2D eigenvalue weighted by molar-refractivity contribution is 7.89. The summed E-state index contributed by atoms with van der Waals surface area (Å²) in [5, 5.41) is 6.70. The number of hydrogen-bond acceptors (Lipinski definition) is 3. The van der Waals surface area contributed by atoms with Crippen LogP contribution >= 0.6 is 0 Å². The number of aromatic amines is 1. The van der Waals surface area contributed by atoms with E-state index in [1.54, 1.807) is 18.2 Å². The maximum absolute atomic E-state index is 12.5. The first-order valence-electron chi connectivity index (χ1n) is 5.94. The molecule has 0 amide bonds. The fraction of sp³-hybridized carbons (Fsp3) is 0.727. The van der Waals surface area contributed by atoms with Crippen molar-refractivity contribution in [3.63, 3.8) is 0 Å². The predicted octanol–water partition coefficient (Wildman–Crippen LogP) is 1.45. The molecule has 2 heterocycles. The highest BCUT2D eigenvalue weighted by Gasteiger charge is 2.32. The van der Waals surface area contributed by atoms with E-state index in [-0.39, 0.29) is 0 Å². The maximum Gasteiger partial charge on any atom is 0.246 e. The number of piperidine rings is 1. The molecule has 2 rings (SSSR count). The van der Waals surface area contributed by atoms with Crippen LogP contribution in [-0.4, -0.2) is 36.0 Å². The average molecular weight is 257 g/mol. The zero-order valence-electron chi connectivity index (χ0n) is 10.5. The van der Waals surface area contributed by atoms with Crippen molar-refractivity contribution in [2.24, 2.45) is 5.92 Å². The summed E-state index contributed by atoms with van der Waals surface area (Å²) in [6.45, 7) is 6.81. The number of aromatic nitrogens is 2. The molecule has 0 aliphatic carbocycles. The number of aryl methyl sites for hydroxylation is 2. The fourth-order valence-electron chi connectivity index (χ4n) is 2.41. The van der Waals surface area contributed by atoms with Crippen LogP contribution in [0, 0.1) is 19.8 Å². The Balaban J connectivity index is 2.36. The van der Waals surface area contributed by atoms with Gasteiger partial charge < -0.3 is 0 Å². The second kappa shape index (κ2) is 4.42. The lowest BCUT2D eigenvalue weighted by Gasteiger charge is -2.30. The zero-order chi connectivity index (χ0) is 12.6. The third-order valence-corrected chi connectivity index (χ3v) is 5.41. The van der Waals surface area contributed by atoms with Crippen LogP contribution in [0.4, 0.5) is 0 Å². The molecule has 0 unspecified atom stereocenters. The average Bonchev–Trinajstić information content (AvgIpc) is 2.59. The van der Waals surface area contributed by atoms with Crippen LogP contribution in [0.3, 0.4) is 0 Å². The van der Waals surface area contributed by atoms with Gasteiger partial charge in [-0.2, -0.15) is 9.40 Å². The summed E-state index contributed by atoms with van der Waals surface area (Å²) < 4.78 is 26.6. The van der Waals surface area contributed by atoms with Gasteiger partial charge in [-0.25, -0.2) is 8.42 Å². The second-order valence-corrected chi connectivity index (χ2v) is 6.75. The number of H-pyrrole nitrogens is 1. The number of hydrogen-bond donors (Lipinski definition) is 1. The SMILES string of the molecule is Cc1n[nH]c(C)c1S(=O)(=O)N1CCC[C@H](C)C1. The highest BCUT2D eigenvalue weighted by Crippen LogP contribution is 2.26. The van der Waals surface area contributed by atoms with Crippen LogP contribution in [-0.2, 0) is 10.0 Å². The Morgan fingerprint density at radius 3 is 2.65 bits per heavy atom. The fourth-order valence-corrected chi connectivity index (χ4v) is 4.34. The van der Waals surface area contributed by atoms with Crippen molar-refractivity contribution >= 4 is 10.0 Å². The third kappa shape index (κ3) is 2.24. The summed E-state index contributed by atoms with van der Waals surface area (Å²) in [6.07, 6.45) is 2.05. The van der Waals surface area contributed by atoms with Crippen molar-refractivity contribution in [1.82, 2.24) is 14.5 Å². The molecule has 0 bridgehead atoms. The van der Waals surface area contributed by atoms with Gasteiger partial charge in [0.1, 0.15) is 4.90 Å². The molecule has 96 valence electrons. The summed E-state index contributed by atoms with van der Waals surface area (Å²) in [7, 11) is -3.37. The van der Waals surface area contributed by atoms with Crippen molar-refractivity contribution in [3.8, 4) is 0 Å². The summed E-state index contributed by atoms with van der Waals surface area (Å²) in [5.41, 5.74) is 1.18. The van der Waals surface area contributed by atoms with Crippen LogP contribution in [0.15, 0.2) is 4.90 Å². The first kappa shape index (κ1) is 12.6. The summed E-state index contributed by atoms with van der Waals surface area (Å²) >= 11 is 0. The van der Waals surface area contributed by atoms with Crippen molar-refractivity contribution in [3.05, 3.63) is 11.4 Å². The molecule has 0 saturated carbocycles. The number of rotatable bonds is 2. The zero-order valence-corrected chi connectivity index (χ0v) is 11.3. The topological polar surface area (TPSA) is 66.1 Å². The van der Waals surface area contributed by atoms with E-state index in [1.165, 1.54) is 0 Å². The van der Waals surface area contributed by atoms with Crippen LogP contribution < -0.4 is 0 Å². The van der Waals surface area contributed by atoms with E-state index >= 15 is 0 Å². The molecule has 5 nitrogen and oxygen atoms in total. The molecule has 1 saturated heterocycles. The summed E-state index contributed by atoms with van der Waals surface area (Å²) in [5.74, 6) is 0.436. The molecule has 1 aromatic heterocycles. The van der Waals surface area contributed by atoms with Gasteiger partial charge in [-0.15, -0.1) is 0 Å². The molecule has 0 spiro atoms. The lowest BCUT2D eigenvalue weighted by atomic mass is 10.0. The number of nitrogens with zero attached hydrogens (tertiary/aromatic N) is 2. The van der Waals surface area contributed by atoms with Gasteiger partial charge in [0.25, 0.3) is 0 Å². The van der Waals surface area contributed by atoms with E-state index in [4.69, 9.17) is 0 Å². The number of nitrogens with one attached hydrogen (secondary N) is 1. The van der Waals surface area contributed by atoms with Crippen LogP contribution in [0.2, 0.25) is 0 Å². The molecule has 0 aromatic carbocycles. The molecule has 6 heteroatoms. The van der Waals surface area contributed by atoms with E-state index in [9.17, 15) is 8.42 Å². The van der Waals surface area contributed by atoms with E-state index in [0.717, 1.165) is 12.8 Å². The molecule has 1 N–H and O–H groups in total. The Labute approximate surface area is 102 Å². The normalized spacial score (nSPS) is 22.9. The minimum Gasteiger partial charge on any atom is -0.281 e. The highest BCUT2D eigenvalue weighted by atomic mass is 32.2. The van der Waals surface area contributed by atoms with Gasteiger partial charge in [0.2, 0.25) is 10.0 Å². The van der Waals surface area contributed by atoms with Gasteiger partial charge in [-0.05, 0) is 32.6 Å². The molecule has 1 aliphatic heterocycles. The lowest BCUT2D eigenvalue weighted by molar-refractivity contribution is 0.281. The molecule has 0 radical (unpaired) electrons. The Morgan fingerprint density at radius 2 is 2.12 bits per heavy atom. The molecule has 17 heavy (non-hydrogen) atoms. The van der Waals surface area contributed by atoms with Gasteiger partial charge >= 0.3 is 0 Å². The Morgan fingerprint density at radius 1 is 1.41 bits per heavy atom. The Hall–Kier alpha value is -0.880. The lowest BCUT2D eigenvalue weighted by Crippen LogP contribution is -2.39. The van der Waals surface area contributed by atoms with Gasteiger partial charge in [-0.1, -0.05) is 6.92 Å². The minimum absolute atomic E-state index is 0.353. The maximum atomic E-state index is 12.5. The van der Waals surface area contributed by atoms with Crippen molar-refractivity contribution in [2.75, 3.05) is 13.1 Å². The first-order valence-corrected chi connectivity index (χ1v) is 7.38. The molecule has 1 aliphatic rings.